The van der Waals surface area contributed by atoms with Crippen molar-refractivity contribution in [3.63, 3.8) is 0 Å². The number of aliphatic hydroxyl groups excluding tert-OH is 1. The number of hydrogen-bond acceptors (Lipinski definition) is 1. The van der Waals surface area contributed by atoms with E-state index in [1.807, 2.05) is 0 Å². The maximum Gasteiger partial charge on any atom is 0.0571 e. The molecular weight excluding hydrogens is 136 g/mol. The molecule has 1 N–H and O–H groups in total. The Hall–Kier alpha value is -0.300. The van der Waals surface area contributed by atoms with E-state index in [2.05, 4.69) is 20.4 Å². The Morgan fingerprint density at radius 2 is 2.09 bits per heavy atom. The van der Waals surface area contributed by atoms with Crippen molar-refractivity contribution in [3.05, 3.63) is 12.2 Å². The van der Waals surface area contributed by atoms with E-state index in [-0.39, 0.29) is 6.10 Å². The van der Waals surface area contributed by atoms with E-state index in [1.165, 1.54) is 12.0 Å². The first-order valence-corrected chi connectivity index (χ1v) is 4.44. The minimum atomic E-state index is -0.0922. The fourth-order valence-electron chi connectivity index (χ4n) is 1.75. The average molecular weight is 154 g/mol. The molecule has 1 nitrogen and oxygen atoms in total. The van der Waals surface area contributed by atoms with Crippen molar-refractivity contribution in [3.8, 4) is 0 Å². The molecule has 0 aromatic carbocycles. The van der Waals surface area contributed by atoms with Gasteiger partial charge in [-0.1, -0.05) is 19.1 Å². The standard InChI is InChI=1S/C10H18O/c1-7(2)9-5-4-8(3)10(11)6-9/h8-11H,1,4-6H2,2-3H3/t8-,9-,10?/m1/s1. The molecular formula is C10H18O. The van der Waals surface area contributed by atoms with Crippen LogP contribution in [0.2, 0.25) is 0 Å². The van der Waals surface area contributed by atoms with Gasteiger partial charge in [-0.05, 0) is 38.0 Å². The van der Waals surface area contributed by atoms with Crippen LogP contribution in [0.3, 0.4) is 0 Å². The van der Waals surface area contributed by atoms with Crippen LogP contribution in [0.15, 0.2) is 12.2 Å². The predicted molar refractivity (Wildman–Crippen MR) is 47.3 cm³/mol. The molecule has 0 aromatic heterocycles. The van der Waals surface area contributed by atoms with Crippen molar-refractivity contribution in [1.29, 1.82) is 0 Å². The number of aliphatic hydroxyl groups is 1. The lowest BCUT2D eigenvalue weighted by molar-refractivity contribution is 0.0614. The zero-order chi connectivity index (χ0) is 8.43. The summed E-state index contributed by atoms with van der Waals surface area (Å²) in [7, 11) is 0. The molecule has 11 heavy (non-hydrogen) atoms. The summed E-state index contributed by atoms with van der Waals surface area (Å²) in [6, 6.07) is 0. The van der Waals surface area contributed by atoms with Crippen LogP contribution in [0.25, 0.3) is 0 Å². The molecule has 1 heteroatoms. The molecule has 1 aliphatic rings. The molecule has 0 aliphatic heterocycles. The number of rotatable bonds is 1. The molecule has 0 bridgehead atoms. The molecule has 0 saturated heterocycles. The van der Waals surface area contributed by atoms with E-state index in [0.29, 0.717) is 11.8 Å². The van der Waals surface area contributed by atoms with Crippen LogP contribution in [-0.4, -0.2) is 11.2 Å². The monoisotopic (exact) mass is 154 g/mol. The Balaban J connectivity index is 2.46. The van der Waals surface area contributed by atoms with E-state index in [9.17, 15) is 5.11 Å². The van der Waals surface area contributed by atoms with Crippen molar-refractivity contribution >= 4 is 0 Å². The molecule has 1 aliphatic carbocycles. The van der Waals surface area contributed by atoms with Gasteiger partial charge in [0.1, 0.15) is 0 Å². The molecule has 0 aromatic rings. The Labute approximate surface area is 69.1 Å². The van der Waals surface area contributed by atoms with Gasteiger partial charge in [0.15, 0.2) is 0 Å². The summed E-state index contributed by atoms with van der Waals surface area (Å²) >= 11 is 0. The highest BCUT2D eigenvalue weighted by atomic mass is 16.3. The third-order valence-electron chi connectivity index (χ3n) is 2.85. The van der Waals surface area contributed by atoms with E-state index in [4.69, 9.17) is 0 Å². The molecule has 1 rings (SSSR count). The van der Waals surface area contributed by atoms with Gasteiger partial charge in [-0.2, -0.15) is 0 Å². The molecule has 0 amide bonds. The second-order valence-electron chi connectivity index (χ2n) is 3.90. The first kappa shape index (κ1) is 8.79. The quantitative estimate of drug-likeness (QED) is 0.575. The van der Waals surface area contributed by atoms with Crippen LogP contribution in [0.4, 0.5) is 0 Å². The summed E-state index contributed by atoms with van der Waals surface area (Å²) in [6.07, 6.45) is 3.20. The average Bonchev–Trinajstić information content (AvgIpc) is 1.94. The summed E-state index contributed by atoms with van der Waals surface area (Å²) < 4.78 is 0. The Morgan fingerprint density at radius 3 is 2.55 bits per heavy atom. The smallest absolute Gasteiger partial charge is 0.0571 e. The van der Waals surface area contributed by atoms with Gasteiger partial charge in [0.05, 0.1) is 6.10 Å². The molecule has 0 radical (unpaired) electrons. The predicted octanol–water partition coefficient (Wildman–Crippen LogP) is 2.36. The summed E-state index contributed by atoms with van der Waals surface area (Å²) in [6.45, 7) is 8.11. The molecule has 0 heterocycles. The van der Waals surface area contributed by atoms with Crippen LogP contribution >= 0.6 is 0 Å². The lowest BCUT2D eigenvalue weighted by Crippen LogP contribution is -2.27. The highest BCUT2D eigenvalue weighted by molar-refractivity contribution is 4.99. The molecule has 1 unspecified atom stereocenters. The zero-order valence-corrected chi connectivity index (χ0v) is 7.51. The Bertz CT molecular complexity index is 151. The van der Waals surface area contributed by atoms with E-state index >= 15 is 0 Å². The minimum absolute atomic E-state index is 0.0922. The SMILES string of the molecule is C=C(C)[C@@H]1CC[C@@H](C)C(O)C1. The van der Waals surface area contributed by atoms with Crippen LogP contribution in [0.1, 0.15) is 33.1 Å². The summed E-state index contributed by atoms with van der Waals surface area (Å²) in [5.74, 6) is 1.06. The van der Waals surface area contributed by atoms with Gasteiger partial charge in [0.2, 0.25) is 0 Å². The van der Waals surface area contributed by atoms with Gasteiger partial charge >= 0.3 is 0 Å². The van der Waals surface area contributed by atoms with Gasteiger partial charge in [-0.15, -0.1) is 0 Å². The lowest BCUT2D eigenvalue weighted by atomic mass is 9.78. The third-order valence-corrected chi connectivity index (χ3v) is 2.85. The minimum Gasteiger partial charge on any atom is -0.393 e. The summed E-state index contributed by atoms with van der Waals surface area (Å²) in [5.41, 5.74) is 1.23. The zero-order valence-electron chi connectivity index (χ0n) is 7.51. The summed E-state index contributed by atoms with van der Waals surface area (Å²) in [5, 5.41) is 9.56. The Morgan fingerprint density at radius 1 is 1.45 bits per heavy atom. The molecule has 1 fully saturated rings. The molecule has 1 saturated carbocycles. The van der Waals surface area contributed by atoms with E-state index in [1.54, 1.807) is 0 Å². The van der Waals surface area contributed by atoms with Crippen LogP contribution in [0.5, 0.6) is 0 Å². The van der Waals surface area contributed by atoms with Crippen molar-refractivity contribution in [2.75, 3.05) is 0 Å². The van der Waals surface area contributed by atoms with Gasteiger partial charge in [0.25, 0.3) is 0 Å². The summed E-state index contributed by atoms with van der Waals surface area (Å²) in [4.78, 5) is 0. The molecule has 3 atom stereocenters. The van der Waals surface area contributed by atoms with E-state index < -0.39 is 0 Å². The van der Waals surface area contributed by atoms with Crippen molar-refractivity contribution in [2.24, 2.45) is 11.8 Å². The largest absolute Gasteiger partial charge is 0.393 e. The van der Waals surface area contributed by atoms with Crippen LogP contribution in [-0.2, 0) is 0 Å². The first-order valence-electron chi connectivity index (χ1n) is 4.44. The van der Waals surface area contributed by atoms with Crippen molar-refractivity contribution in [2.45, 2.75) is 39.2 Å². The van der Waals surface area contributed by atoms with Crippen molar-refractivity contribution < 1.29 is 5.11 Å². The maximum atomic E-state index is 9.56. The lowest BCUT2D eigenvalue weighted by Gasteiger charge is -2.31. The van der Waals surface area contributed by atoms with Crippen LogP contribution < -0.4 is 0 Å². The Kier molecular flexibility index (Phi) is 2.72. The number of allylic oxidation sites excluding steroid dienone is 1. The van der Waals surface area contributed by atoms with Gasteiger partial charge < -0.3 is 5.11 Å². The molecule has 64 valence electrons. The first-order chi connectivity index (χ1) is 5.11. The molecule has 0 spiro atoms. The van der Waals surface area contributed by atoms with Crippen LogP contribution in [0, 0.1) is 11.8 Å². The highest BCUT2D eigenvalue weighted by Crippen LogP contribution is 2.32. The van der Waals surface area contributed by atoms with Gasteiger partial charge in [-0.3, -0.25) is 0 Å². The van der Waals surface area contributed by atoms with Gasteiger partial charge in [-0.25, -0.2) is 0 Å². The second kappa shape index (κ2) is 3.40. The van der Waals surface area contributed by atoms with Gasteiger partial charge in [0, 0.05) is 0 Å². The van der Waals surface area contributed by atoms with Crippen molar-refractivity contribution in [1.82, 2.24) is 0 Å². The highest BCUT2D eigenvalue weighted by Gasteiger charge is 2.25. The fourth-order valence-corrected chi connectivity index (χ4v) is 1.75. The second-order valence-corrected chi connectivity index (χ2v) is 3.90. The topological polar surface area (TPSA) is 20.2 Å². The maximum absolute atomic E-state index is 9.56. The fraction of sp³-hybridized carbons (Fsp3) is 0.800. The third kappa shape index (κ3) is 2.06. The number of hydrogen-bond donors (Lipinski definition) is 1. The normalized spacial score (nSPS) is 38.6. The van der Waals surface area contributed by atoms with E-state index in [0.717, 1.165) is 12.8 Å².